The van der Waals surface area contributed by atoms with E-state index in [0.29, 0.717) is 30.1 Å². The van der Waals surface area contributed by atoms with Gasteiger partial charge in [-0.25, -0.2) is 0 Å². The number of rotatable bonds is 9. The Morgan fingerprint density at radius 3 is 2.68 bits per heavy atom. The molecule has 0 aromatic heterocycles. The molecule has 5 aliphatic rings. The first kappa shape index (κ1) is 33.3. The molecule has 242 valence electrons. The van der Waals surface area contributed by atoms with E-state index in [9.17, 15) is 14.4 Å². The molecule has 1 aliphatic carbocycles. The van der Waals surface area contributed by atoms with Crippen LogP contribution in [0.1, 0.15) is 65.7 Å². The van der Waals surface area contributed by atoms with Gasteiger partial charge in [0.25, 0.3) is 0 Å². The topological polar surface area (TPSA) is 91.0 Å². The summed E-state index contributed by atoms with van der Waals surface area (Å²) in [6, 6.07) is 7.50. The zero-order valence-electron chi connectivity index (χ0n) is 26.5. The summed E-state index contributed by atoms with van der Waals surface area (Å²) in [6.07, 6.45) is 13.1. The Kier molecular flexibility index (Phi) is 10.4. The summed E-state index contributed by atoms with van der Waals surface area (Å²) in [7, 11) is 0. The number of anilines is 1. The highest BCUT2D eigenvalue weighted by Crippen LogP contribution is 2.55. The van der Waals surface area contributed by atoms with Crippen LogP contribution in [0.3, 0.4) is 0 Å². The van der Waals surface area contributed by atoms with Crippen LogP contribution < -0.4 is 10.6 Å². The normalized spacial score (nSPS) is 36.2. The van der Waals surface area contributed by atoms with E-state index in [1.807, 2.05) is 42.7 Å². The fourth-order valence-corrected chi connectivity index (χ4v) is 8.99. The Balaban J connectivity index is 0.00000384. The number of fused-ring (bicyclic) bond motifs is 1. The van der Waals surface area contributed by atoms with E-state index in [-0.39, 0.29) is 36.2 Å². The van der Waals surface area contributed by atoms with Crippen LogP contribution in [0.5, 0.6) is 0 Å². The lowest BCUT2D eigenvalue weighted by atomic mass is 9.73. The minimum Gasteiger partial charge on any atom is -0.359 e. The molecular formula is C34H49ClN4O4S. The first-order valence-corrected chi connectivity index (χ1v) is 17.7. The monoisotopic (exact) mass is 644 g/mol. The smallest absolute Gasteiger partial charge is 0.246 e. The second-order valence-electron chi connectivity index (χ2n) is 13.4. The number of thioether (sulfide) groups is 1. The van der Waals surface area contributed by atoms with E-state index in [2.05, 4.69) is 36.3 Å². The number of carbonyl (C=O) groups is 3. The van der Waals surface area contributed by atoms with Gasteiger partial charge in [0.15, 0.2) is 0 Å². The van der Waals surface area contributed by atoms with Crippen molar-refractivity contribution in [1.29, 1.82) is 0 Å². The molecule has 1 spiro atoms. The number of nitrogens with zero attached hydrogens (tertiary/aromatic N) is 2. The fraction of sp³-hybridized carbons (Fsp3) is 0.676. The molecule has 9 atom stereocenters. The van der Waals surface area contributed by atoms with Crippen LogP contribution >= 0.6 is 24.2 Å². The first-order chi connectivity index (χ1) is 20.8. The third kappa shape index (κ3) is 5.94. The number of benzene rings is 1. The van der Waals surface area contributed by atoms with E-state index in [0.717, 1.165) is 43.7 Å². The molecule has 3 amide bonds. The quantitative estimate of drug-likeness (QED) is 0.286. The third-order valence-electron chi connectivity index (χ3n) is 11.1. The molecule has 1 saturated carbocycles. The van der Waals surface area contributed by atoms with Gasteiger partial charge in [-0.15, -0.1) is 24.2 Å². The number of likely N-dealkylation sites (tertiary alicyclic amines) is 2. The second-order valence-corrected chi connectivity index (χ2v) is 14.3. The molecule has 0 radical (unpaired) electrons. The van der Waals surface area contributed by atoms with Crippen LogP contribution in [-0.2, 0) is 19.1 Å². The summed E-state index contributed by atoms with van der Waals surface area (Å²) in [5, 5.41) is 6.43. The van der Waals surface area contributed by atoms with Crippen molar-refractivity contribution < 1.29 is 19.1 Å². The number of piperidine rings is 1. The molecular weight excluding hydrogens is 596 g/mol. The summed E-state index contributed by atoms with van der Waals surface area (Å²) < 4.78 is 6.59. The van der Waals surface area contributed by atoms with E-state index in [1.54, 1.807) is 16.7 Å². The van der Waals surface area contributed by atoms with Gasteiger partial charge in [-0.05, 0) is 68.5 Å². The van der Waals surface area contributed by atoms with E-state index in [1.165, 1.54) is 19.3 Å². The van der Waals surface area contributed by atoms with Gasteiger partial charge in [-0.1, -0.05) is 58.3 Å². The highest BCUT2D eigenvalue weighted by molar-refractivity contribution is 7.98. The minimum absolute atomic E-state index is 0. The van der Waals surface area contributed by atoms with Crippen LogP contribution in [-0.4, -0.2) is 83.2 Å². The van der Waals surface area contributed by atoms with Gasteiger partial charge in [-0.2, -0.15) is 0 Å². The number of hydrogen-bond acceptors (Lipinski definition) is 6. The zero-order chi connectivity index (χ0) is 30.3. The summed E-state index contributed by atoms with van der Waals surface area (Å²) in [4.78, 5) is 47.9. The average Bonchev–Trinajstić information content (AvgIpc) is 3.65. The van der Waals surface area contributed by atoms with E-state index < -0.39 is 29.6 Å². The predicted octanol–water partition coefficient (Wildman–Crippen LogP) is 5.12. The van der Waals surface area contributed by atoms with Gasteiger partial charge in [0.2, 0.25) is 17.7 Å². The third-order valence-corrected chi connectivity index (χ3v) is 11.9. The molecule has 8 nitrogen and oxygen atoms in total. The maximum absolute atomic E-state index is 14.4. The van der Waals surface area contributed by atoms with Crippen molar-refractivity contribution in [2.24, 2.45) is 23.7 Å². The molecule has 1 aromatic carbocycles. The lowest BCUT2D eigenvalue weighted by Gasteiger charge is -2.39. The van der Waals surface area contributed by atoms with Gasteiger partial charge in [-0.3, -0.25) is 19.3 Å². The predicted molar refractivity (Wildman–Crippen MR) is 177 cm³/mol. The minimum atomic E-state index is -1.13. The number of hydrogen-bond donors (Lipinski definition) is 2. The van der Waals surface area contributed by atoms with Gasteiger partial charge in [0, 0.05) is 35.8 Å². The number of amides is 3. The Morgan fingerprint density at radius 1 is 1.09 bits per heavy atom. The van der Waals surface area contributed by atoms with Gasteiger partial charge in [0.05, 0.1) is 17.9 Å². The highest BCUT2D eigenvalue weighted by atomic mass is 35.5. The van der Waals surface area contributed by atoms with Crippen LogP contribution in [0.15, 0.2) is 41.3 Å². The summed E-state index contributed by atoms with van der Waals surface area (Å²) in [6.45, 7) is 8.90. The van der Waals surface area contributed by atoms with Crippen molar-refractivity contribution in [2.75, 3.05) is 31.2 Å². The molecule has 44 heavy (non-hydrogen) atoms. The zero-order valence-corrected chi connectivity index (χ0v) is 28.1. The number of nitrogens with one attached hydrogen (secondary N) is 2. The van der Waals surface area contributed by atoms with E-state index in [4.69, 9.17) is 4.74 Å². The Bertz CT molecular complexity index is 1260. The molecule has 4 heterocycles. The molecule has 2 N–H and O–H groups in total. The van der Waals surface area contributed by atoms with Crippen molar-refractivity contribution in [3.63, 3.8) is 0 Å². The maximum Gasteiger partial charge on any atom is 0.246 e. The average molecular weight is 645 g/mol. The Hall–Kier alpha value is -2.07. The summed E-state index contributed by atoms with van der Waals surface area (Å²) in [5.74, 6) is -1.04. The van der Waals surface area contributed by atoms with Crippen molar-refractivity contribution in [1.82, 2.24) is 15.1 Å². The largest absolute Gasteiger partial charge is 0.359 e. The molecule has 3 saturated heterocycles. The molecule has 10 heteroatoms. The van der Waals surface area contributed by atoms with Crippen molar-refractivity contribution >= 4 is 47.6 Å². The molecule has 4 fully saturated rings. The first-order valence-electron chi connectivity index (χ1n) is 16.4. The SMILES string of the molecule is CCC1CCCCN1CCN1C(=O)C2C(C(=O)Nc3cccc(SC)c3)C3C=CC2(O3)C1C(=O)NC1CCCC(C)C1C.Cl. The van der Waals surface area contributed by atoms with Crippen molar-refractivity contribution in [3.05, 3.63) is 36.4 Å². The summed E-state index contributed by atoms with van der Waals surface area (Å²) in [5.41, 5.74) is -0.435. The van der Waals surface area contributed by atoms with Crippen molar-refractivity contribution in [2.45, 2.75) is 100 Å². The standard InChI is InChI=1S/C34H48N4O4S.ClH/c1-5-24-12-6-7-17-37(24)18-19-38-30(32(40)36-26-14-8-10-21(2)22(26)3)34-16-15-27(42-34)28(29(34)33(38)41)31(39)35-23-11-9-13-25(20-23)43-4;/h9,11,13,15-16,20-22,24,26-30H,5-8,10,12,14,17-19H2,1-4H3,(H,35,39)(H,36,40);1H. The number of carbonyl (C=O) groups excluding carboxylic acids is 3. The van der Waals surface area contributed by atoms with Gasteiger partial charge < -0.3 is 20.3 Å². The number of ether oxygens (including phenoxy) is 1. The van der Waals surface area contributed by atoms with Gasteiger partial charge in [0.1, 0.15) is 11.6 Å². The lowest BCUT2D eigenvalue weighted by molar-refractivity contribution is -0.142. The Labute approximate surface area is 272 Å². The van der Waals surface area contributed by atoms with Gasteiger partial charge >= 0.3 is 0 Å². The molecule has 1 aromatic rings. The fourth-order valence-electron chi connectivity index (χ4n) is 8.53. The molecule has 4 aliphatic heterocycles. The van der Waals surface area contributed by atoms with Crippen LogP contribution in [0, 0.1) is 23.7 Å². The maximum atomic E-state index is 14.4. The molecule has 2 bridgehead atoms. The van der Waals surface area contributed by atoms with Crippen LogP contribution in [0.2, 0.25) is 0 Å². The molecule has 6 rings (SSSR count). The molecule has 9 unspecified atom stereocenters. The second kappa shape index (κ2) is 13.7. The lowest BCUT2D eigenvalue weighted by Crippen LogP contribution is -2.58. The van der Waals surface area contributed by atoms with Crippen molar-refractivity contribution in [3.8, 4) is 0 Å². The highest BCUT2D eigenvalue weighted by Gasteiger charge is 2.72. The Morgan fingerprint density at radius 2 is 1.91 bits per heavy atom. The van der Waals surface area contributed by atoms with Crippen LogP contribution in [0.25, 0.3) is 0 Å². The van der Waals surface area contributed by atoms with E-state index >= 15 is 0 Å². The van der Waals surface area contributed by atoms with Crippen LogP contribution in [0.4, 0.5) is 5.69 Å². The number of halogens is 1. The summed E-state index contributed by atoms with van der Waals surface area (Å²) >= 11 is 1.61.